The van der Waals surface area contributed by atoms with Gasteiger partial charge in [-0.25, -0.2) is 8.93 Å². The topological polar surface area (TPSA) is 56.1 Å². The molecule has 8 heteroatoms. The zero-order valence-corrected chi connectivity index (χ0v) is 21.9. The number of hydrogen-bond acceptors (Lipinski definition) is 3. The van der Waals surface area contributed by atoms with Crippen molar-refractivity contribution in [3.8, 4) is 6.07 Å². The van der Waals surface area contributed by atoms with Crippen LogP contribution in [0.1, 0.15) is 43.4 Å². The Morgan fingerprint density at radius 1 is 1.03 bits per heavy atom. The highest BCUT2D eigenvalue weighted by atomic mass is 35.5. The van der Waals surface area contributed by atoms with E-state index in [9.17, 15) is 4.21 Å². The summed E-state index contributed by atoms with van der Waals surface area (Å²) >= 11 is 18.4. The van der Waals surface area contributed by atoms with E-state index in [1.54, 1.807) is 24.3 Å². The Hall–Kier alpha value is -2.07. The molecule has 1 aliphatic rings. The van der Waals surface area contributed by atoms with Crippen LogP contribution in [0.4, 0.5) is 5.69 Å². The van der Waals surface area contributed by atoms with E-state index >= 15 is 0 Å². The molecule has 0 radical (unpaired) electrons. The molecule has 0 bridgehead atoms. The van der Waals surface area contributed by atoms with E-state index in [-0.39, 0.29) is 0 Å². The summed E-state index contributed by atoms with van der Waals surface area (Å²) in [6.45, 7) is 3.56. The molecular formula is C26H26Cl3N3OS. The Labute approximate surface area is 219 Å². The molecule has 0 aromatic heterocycles. The van der Waals surface area contributed by atoms with Crippen LogP contribution in [0, 0.1) is 11.3 Å². The third-order valence-electron chi connectivity index (χ3n) is 5.44. The molecule has 34 heavy (non-hydrogen) atoms. The molecule has 1 heterocycles. The predicted octanol–water partition coefficient (Wildman–Crippen LogP) is 7.57. The molecule has 1 saturated heterocycles. The Morgan fingerprint density at radius 3 is 2.44 bits per heavy atom. The maximum Gasteiger partial charge on any atom is 0.124 e. The van der Waals surface area contributed by atoms with Crippen molar-refractivity contribution in [2.75, 3.05) is 18.0 Å². The third kappa shape index (κ3) is 7.21. The molecule has 2 atom stereocenters. The van der Waals surface area contributed by atoms with Gasteiger partial charge in [0.2, 0.25) is 0 Å². The molecule has 0 amide bonds. The van der Waals surface area contributed by atoms with Crippen LogP contribution in [0.3, 0.4) is 0 Å². The van der Waals surface area contributed by atoms with Crippen LogP contribution < -0.4 is 9.62 Å². The van der Waals surface area contributed by atoms with E-state index in [2.05, 4.69) is 21.8 Å². The normalized spacial score (nSPS) is 16.2. The second-order valence-electron chi connectivity index (χ2n) is 7.75. The Morgan fingerprint density at radius 2 is 1.76 bits per heavy atom. The Balaban J connectivity index is 0.000000215. The van der Waals surface area contributed by atoms with Crippen LogP contribution >= 0.6 is 34.8 Å². The first kappa shape index (κ1) is 26.5. The van der Waals surface area contributed by atoms with Crippen LogP contribution in [-0.4, -0.2) is 17.3 Å². The van der Waals surface area contributed by atoms with E-state index < -0.39 is 11.0 Å². The summed E-state index contributed by atoms with van der Waals surface area (Å²) in [7, 11) is -1.20. The molecule has 3 aromatic rings. The number of hydrogen-bond donors (Lipinski definition) is 1. The summed E-state index contributed by atoms with van der Waals surface area (Å²) in [5.41, 5.74) is 2.87. The van der Waals surface area contributed by atoms with Gasteiger partial charge in [0.1, 0.15) is 11.0 Å². The minimum atomic E-state index is -1.20. The molecule has 4 nitrogen and oxygen atoms in total. The van der Waals surface area contributed by atoms with E-state index in [1.165, 1.54) is 18.5 Å². The summed E-state index contributed by atoms with van der Waals surface area (Å²) in [6.07, 6.45) is 3.52. The van der Waals surface area contributed by atoms with Gasteiger partial charge in [-0.3, -0.25) is 0 Å². The summed E-state index contributed by atoms with van der Waals surface area (Å²) in [5, 5.41) is 10.8. The summed E-state index contributed by atoms with van der Waals surface area (Å²) in [5.74, 6) is 0. The largest absolute Gasteiger partial charge is 0.364 e. The fourth-order valence-electron chi connectivity index (χ4n) is 3.86. The van der Waals surface area contributed by atoms with Gasteiger partial charge in [0, 0.05) is 33.8 Å². The van der Waals surface area contributed by atoms with Gasteiger partial charge in [0.25, 0.3) is 0 Å². The van der Waals surface area contributed by atoms with Crippen molar-refractivity contribution >= 4 is 51.5 Å². The minimum absolute atomic E-state index is 0.296. The van der Waals surface area contributed by atoms with Gasteiger partial charge in [-0.2, -0.15) is 5.26 Å². The first-order chi connectivity index (χ1) is 16.4. The first-order valence-corrected chi connectivity index (χ1v) is 13.3. The van der Waals surface area contributed by atoms with E-state index in [4.69, 9.17) is 40.1 Å². The highest BCUT2D eigenvalue weighted by Crippen LogP contribution is 2.38. The predicted molar refractivity (Wildman–Crippen MR) is 143 cm³/mol. The van der Waals surface area contributed by atoms with Crippen molar-refractivity contribution in [2.45, 2.75) is 37.1 Å². The lowest BCUT2D eigenvalue weighted by atomic mass is 9.94. The molecule has 1 aliphatic heterocycles. The number of benzene rings is 3. The molecule has 2 unspecified atom stereocenters. The number of halogens is 3. The lowest BCUT2D eigenvalue weighted by molar-refractivity contribution is 0.473. The van der Waals surface area contributed by atoms with Crippen LogP contribution in [-0.2, 0) is 11.0 Å². The van der Waals surface area contributed by atoms with Gasteiger partial charge >= 0.3 is 0 Å². The lowest BCUT2D eigenvalue weighted by Gasteiger charge is -2.38. The van der Waals surface area contributed by atoms with Gasteiger partial charge in [0.15, 0.2) is 0 Å². The fraction of sp³-hybridized carbons (Fsp3) is 0.269. The van der Waals surface area contributed by atoms with Crippen molar-refractivity contribution in [1.82, 2.24) is 4.72 Å². The second kappa shape index (κ2) is 13.1. The standard InChI is InChI=1S/C17H16Cl3N.C9H10N2OS/c18-12-4-7-14(8-5-12)21-10-2-1-3-17(21)15-9-6-13(19)11-16(15)20;1-2-11-13(12)9-5-3-4-8(6-9)7-10/h4-9,11,17H,1-3,10H2;3-6,11H,2H2,1H3. The van der Waals surface area contributed by atoms with Gasteiger partial charge in [-0.1, -0.05) is 53.9 Å². The number of rotatable bonds is 5. The zero-order valence-electron chi connectivity index (χ0n) is 18.8. The maximum absolute atomic E-state index is 11.4. The van der Waals surface area contributed by atoms with Crippen LogP contribution in [0.25, 0.3) is 0 Å². The van der Waals surface area contributed by atoms with Crippen molar-refractivity contribution < 1.29 is 4.21 Å². The third-order valence-corrected chi connectivity index (χ3v) is 7.48. The second-order valence-corrected chi connectivity index (χ2v) is 10.3. The van der Waals surface area contributed by atoms with E-state index in [1.807, 2.05) is 43.3 Å². The molecule has 1 N–H and O–H groups in total. The van der Waals surface area contributed by atoms with Crippen molar-refractivity contribution in [1.29, 1.82) is 5.26 Å². The molecule has 4 rings (SSSR count). The first-order valence-electron chi connectivity index (χ1n) is 11.1. The van der Waals surface area contributed by atoms with Crippen molar-refractivity contribution in [3.63, 3.8) is 0 Å². The molecule has 1 fully saturated rings. The summed E-state index contributed by atoms with van der Waals surface area (Å²) in [6, 6.07) is 22.9. The van der Waals surface area contributed by atoms with Crippen LogP contribution in [0.2, 0.25) is 15.1 Å². The number of piperidine rings is 1. The highest BCUT2D eigenvalue weighted by Gasteiger charge is 2.26. The average molecular weight is 535 g/mol. The summed E-state index contributed by atoms with van der Waals surface area (Å²) in [4.78, 5) is 3.05. The van der Waals surface area contributed by atoms with Gasteiger partial charge in [-0.15, -0.1) is 0 Å². The van der Waals surface area contributed by atoms with Gasteiger partial charge in [-0.05, 0) is 79.4 Å². The molecule has 178 valence electrons. The Bertz CT molecular complexity index is 1160. The number of nitrogens with one attached hydrogen (secondary N) is 1. The molecule has 0 spiro atoms. The van der Waals surface area contributed by atoms with Gasteiger partial charge < -0.3 is 4.90 Å². The molecule has 0 saturated carbocycles. The van der Waals surface area contributed by atoms with Crippen molar-refractivity contribution in [3.05, 3.63) is 92.9 Å². The SMILES string of the molecule is CCNS(=O)c1cccc(C#N)c1.Clc1ccc(N2CCCCC2c2ccc(Cl)cc2Cl)cc1. The quantitative estimate of drug-likeness (QED) is 0.367. The monoisotopic (exact) mass is 533 g/mol. The molecule has 0 aliphatic carbocycles. The fourth-order valence-corrected chi connectivity index (χ4v) is 5.39. The summed E-state index contributed by atoms with van der Waals surface area (Å²) < 4.78 is 14.2. The molecule has 3 aromatic carbocycles. The smallest absolute Gasteiger partial charge is 0.124 e. The number of nitriles is 1. The van der Waals surface area contributed by atoms with Crippen molar-refractivity contribution in [2.24, 2.45) is 0 Å². The Kier molecular flexibility index (Phi) is 10.2. The average Bonchev–Trinajstić information content (AvgIpc) is 2.85. The van der Waals surface area contributed by atoms with Gasteiger partial charge in [0.05, 0.1) is 22.6 Å². The maximum atomic E-state index is 11.4. The zero-order chi connectivity index (χ0) is 24.5. The molecular weight excluding hydrogens is 509 g/mol. The van der Waals surface area contributed by atoms with Crippen LogP contribution in [0.5, 0.6) is 0 Å². The van der Waals surface area contributed by atoms with E-state index in [0.29, 0.717) is 28.1 Å². The number of anilines is 1. The lowest BCUT2D eigenvalue weighted by Crippen LogP contribution is -2.33. The number of nitrogens with zero attached hydrogens (tertiary/aromatic N) is 2. The minimum Gasteiger partial charge on any atom is -0.364 e. The van der Waals surface area contributed by atoms with E-state index in [0.717, 1.165) is 28.6 Å². The highest BCUT2D eigenvalue weighted by molar-refractivity contribution is 7.83. The van der Waals surface area contributed by atoms with Crippen LogP contribution in [0.15, 0.2) is 71.6 Å².